The molecule has 100 valence electrons. The molecule has 0 radical (unpaired) electrons. The van der Waals surface area contributed by atoms with Crippen molar-refractivity contribution >= 4 is 29.1 Å². The van der Waals surface area contributed by atoms with Crippen molar-refractivity contribution in [1.82, 2.24) is 5.32 Å². The molecule has 0 aliphatic heterocycles. The minimum absolute atomic E-state index is 0.231. The van der Waals surface area contributed by atoms with Crippen LogP contribution in [0, 0.1) is 5.82 Å². The van der Waals surface area contributed by atoms with Gasteiger partial charge in [-0.3, -0.25) is 4.79 Å². The van der Waals surface area contributed by atoms with Crippen molar-refractivity contribution < 1.29 is 9.18 Å². The molecule has 1 amide bonds. The van der Waals surface area contributed by atoms with Gasteiger partial charge in [0.2, 0.25) is 0 Å². The van der Waals surface area contributed by atoms with Crippen LogP contribution in [0.25, 0.3) is 0 Å². The minimum atomic E-state index is -0.482. The van der Waals surface area contributed by atoms with E-state index in [2.05, 4.69) is 16.9 Å². The van der Waals surface area contributed by atoms with Crippen LogP contribution in [-0.4, -0.2) is 18.3 Å². The van der Waals surface area contributed by atoms with E-state index >= 15 is 0 Å². The smallest absolute Gasteiger partial charge is 0.251 e. The Labute approximate surface area is 116 Å². The largest absolute Gasteiger partial charge is 0.349 e. The number of rotatable bonds is 2. The Morgan fingerprint density at radius 3 is 2.44 bits per heavy atom. The van der Waals surface area contributed by atoms with Crippen LogP contribution in [0.3, 0.4) is 0 Å². The van der Waals surface area contributed by atoms with Crippen LogP contribution < -0.4 is 5.32 Å². The Hall–Kier alpha value is -0.800. The number of carbonyl (C=O) groups is 1. The van der Waals surface area contributed by atoms with E-state index in [1.165, 1.54) is 24.6 Å². The predicted octanol–water partition coefficient (Wildman–Crippen LogP) is 4.01. The number of nitrogens with one attached hydrogen (secondary N) is 1. The van der Waals surface area contributed by atoms with E-state index in [4.69, 9.17) is 11.6 Å². The first-order valence-corrected chi connectivity index (χ1v) is 6.93. The molecule has 0 aromatic heterocycles. The molecule has 0 heterocycles. The van der Waals surface area contributed by atoms with Gasteiger partial charge in [-0.05, 0) is 31.0 Å². The van der Waals surface area contributed by atoms with Gasteiger partial charge in [0.15, 0.2) is 0 Å². The topological polar surface area (TPSA) is 29.1 Å². The zero-order valence-electron chi connectivity index (χ0n) is 10.2. The number of halogens is 3. The zero-order valence-corrected chi connectivity index (χ0v) is 11.7. The molecule has 1 aromatic carbocycles. The van der Waals surface area contributed by atoms with Gasteiger partial charge in [0, 0.05) is 23.0 Å². The summed E-state index contributed by atoms with van der Waals surface area (Å²) in [4.78, 5) is 11.8. The molecule has 0 saturated heterocycles. The Morgan fingerprint density at radius 1 is 1.28 bits per heavy atom. The fourth-order valence-corrected chi connectivity index (χ4v) is 2.25. The van der Waals surface area contributed by atoms with E-state index in [1.54, 1.807) is 0 Å². The lowest BCUT2D eigenvalue weighted by Crippen LogP contribution is -2.32. The van der Waals surface area contributed by atoms with Gasteiger partial charge < -0.3 is 5.32 Å². The number of hydrogen-bond donors (Lipinski definition) is 1. The highest BCUT2D eigenvalue weighted by atomic mass is 35.5. The summed E-state index contributed by atoms with van der Waals surface area (Å²) >= 11 is 10.3. The van der Waals surface area contributed by atoms with E-state index < -0.39 is 5.82 Å². The monoisotopic (exact) mass is 291 g/mol. The maximum atomic E-state index is 13.0. The Morgan fingerprint density at radius 2 is 1.89 bits per heavy atom. The Kier molecular flexibility index (Phi) is 6.44. The molecule has 0 atom stereocenters. The highest BCUT2D eigenvalue weighted by molar-refractivity contribution is 6.31. The van der Waals surface area contributed by atoms with Crippen molar-refractivity contribution in [2.75, 3.05) is 6.38 Å². The van der Waals surface area contributed by atoms with Gasteiger partial charge in [0.1, 0.15) is 5.82 Å². The van der Waals surface area contributed by atoms with E-state index in [9.17, 15) is 9.18 Å². The lowest BCUT2D eigenvalue weighted by Gasteiger charge is -2.11. The number of benzene rings is 1. The average Bonchev–Trinajstić information content (AvgIpc) is 2.83. The predicted molar refractivity (Wildman–Crippen MR) is 72.9 cm³/mol. The average molecular weight is 292 g/mol. The summed E-state index contributed by atoms with van der Waals surface area (Å²) in [6.07, 6.45) is 5.79. The van der Waals surface area contributed by atoms with Crippen molar-refractivity contribution in [1.29, 1.82) is 0 Å². The van der Waals surface area contributed by atoms with Crippen LogP contribution in [0.15, 0.2) is 18.2 Å². The maximum Gasteiger partial charge on any atom is 0.251 e. The fourth-order valence-electron chi connectivity index (χ4n) is 2.02. The van der Waals surface area contributed by atoms with Crippen LogP contribution in [0.5, 0.6) is 0 Å². The van der Waals surface area contributed by atoms with Crippen LogP contribution in [0.1, 0.15) is 36.0 Å². The number of alkyl halides is 1. The van der Waals surface area contributed by atoms with Crippen molar-refractivity contribution in [3.8, 4) is 0 Å². The lowest BCUT2D eigenvalue weighted by atomic mass is 10.2. The molecule has 1 saturated carbocycles. The summed E-state index contributed by atoms with van der Waals surface area (Å²) < 4.78 is 13.0. The molecule has 1 aromatic rings. The molecule has 0 spiro atoms. The molecule has 1 aliphatic rings. The van der Waals surface area contributed by atoms with Gasteiger partial charge in [-0.15, -0.1) is 11.6 Å². The first-order chi connectivity index (χ1) is 8.65. The molecule has 2 nitrogen and oxygen atoms in total. The standard InChI is InChI=1S/C12H13ClFNO.CH3Cl/c13-9-5-8(6-10(14)7-9)12(16)15-11-3-1-2-4-11;1-2/h5-7,11H,1-4H2,(H,15,16);1H3. The number of carbonyl (C=O) groups excluding carboxylic acids is 1. The Bertz CT molecular complexity index is 386. The van der Waals surface area contributed by atoms with Crippen LogP contribution in [-0.2, 0) is 0 Å². The molecular formula is C13H16Cl2FNO. The number of amides is 1. The first-order valence-electron chi connectivity index (χ1n) is 5.80. The van der Waals surface area contributed by atoms with Crippen LogP contribution in [0.4, 0.5) is 4.39 Å². The quantitative estimate of drug-likeness (QED) is 0.820. The van der Waals surface area contributed by atoms with Crippen LogP contribution >= 0.6 is 23.2 Å². The summed E-state index contributed by atoms with van der Waals surface area (Å²) in [5, 5.41) is 3.13. The highest BCUT2D eigenvalue weighted by Gasteiger charge is 2.18. The molecule has 1 aliphatic carbocycles. The molecule has 1 fully saturated rings. The van der Waals surface area contributed by atoms with Gasteiger partial charge >= 0.3 is 0 Å². The minimum Gasteiger partial charge on any atom is -0.349 e. The zero-order chi connectivity index (χ0) is 13.5. The first kappa shape index (κ1) is 15.3. The Balaban J connectivity index is 0.000000771. The van der Waals surface area contributed by atoms with Gasteiger partial charge in [0.05, 0.1) is 0 Å². The third-order valence-electron chi connectivity index (χ3n) is 2.82. The van der Waals surface area contributed by atoms with Crippen molar-refractivity contribution in [2.24, 2.45) is 0 Å². The van der Waals surface area contributed by atoms with Gasteiger partial charge in [-0.1, -0.05) is 24.4 Å². The summed E-state index contributed by atoms with van der Waals surface area (Å²) in [5.74, 6) is -0.725. The summed E-state index contributed by atoms with van der Waals surface area (Å²) in [6.45, 7) is 0. The second-order valence-corrected chi connectivity index (χ2v) is 4.55. The third-order valence-corrected chi connectivity index (χ3v) is 3.03. The van der Waals surface area contributed by atoms with Crippen molar-refractivity contribution in [2.45, 2.75) is 31.7 Å². The van der Waals surface area contributed by atoms with Crippen molar-refractivity contribution in [3.05, 3.63) is 34.6 Å². The second-order valence-electron chi connectivity index (χ2n) is 4.11. The SMILES string of the molecule is CCl.O=C(NC1CCCC1)c1cc(F)cc(Cl)c1. The molecule has 0 unspecified atom stereocenters. The summed E-state index contributed by atoms with van der Waals surface area (Å²) in [6, 6.07) is 4.11. The van der Waals surface area contributed by atoms with E-state index in [1.807, 2.05) is 0 Å². The van der Waals surface area contributed by atoms with Crippen LogP contribution in [0.2, 0.25) is 5.02 Å². The van der Waals surface area contributed by atoms with E-state index in [0.29, 0.717) is 0 Å². The lowest BCUT2D eigenvalue weighted by molar-refractivity contribution is 0.0937. The fraction of sp³-hybridized carbons (Fsp3) is 0.462. The highest BCUT2D eigenvalue weighted by Crippen LogP contribution is 2.19. The van der Waals surface area contributed by atoms with E-state index in [-0.39, 0.29) is 22.5 Å². The van der Waals surface area contributed by atoms with E-state index in [0.717, 1.165) is 25.7 Å². The molecule has 2 rings (SSSR count). The van der Waals surface area contributed by atoms with Crippen molar-refractivity contribution in [3.63, 3.8) is 0 Å². The summed E-state index contributed by atoms with van der Waals surface area (Å²) in [5.41, 5.74) is 0.289. The summed E-state index contributed by atoms with van der Waals surface area (Å²) in [7, 11) is 0. The second kappa shape index (κ2) is 7.59. The molecular weight excluding hydrogens is 276 g/mol. The molecule has 5 heteroatoms. The number of hydrogen-bond acceptors (Lipinski definition) is 1. The van der Waals surface area contributed by atoms with Gasteiger partial charge in [-0.2, -0.15) is 0 Å². The third kappa shape index (κ3) is 4.46. The molecule has 0 bridgehead atoms. The molecule has 1 N–H and O–H groups in total. The van der Waals surface area contributed by atoms with Gasteiger partial charge in [-0.25, -0.2) is 4.39 Å². The maximum absolute atomic E-state index is 13.0. The van der Waals surface area contributed by atoms with Gasteiger partial charge in [0.25, 0.3) is 5.91 Å². The normalized spacial score (nSPS) is 14.9. The molecule has 18 heavy (non-hydrogen) atoms.